The van der Waals surface area contributed by atoms with Gasteiger partial charge in [0.1, 0.15) is 5.75 Å². The summed E-state index contributed by atoms with van der Waals surface area (Å²) >= 11 is 0. The maximum Gasteiger partial charge on any atom is 0.290 e. The number of amides is 1. The first-order valence-corrected chi connectivity index (χ1v) is 7.70. The second-order valence-electron chi connectivity index (χ2n) is 6.03. The first-order valence-electron chi connectivity index (χ1n) is 7.70. The number of benzene rings is 1. The van der Waals surface area contributed by atoms with Crippen molar-refractivity contribution < 1.29 is 19.4 Å². The van der Waals surface area contributed by atoms with Crippen LogP contribution in [0.1, 0.15) is 16.9 Å². The number of nitrogens with zero attached hydrogens (tertiary/aromatic N) is 3. The van der Waals surface area contributed by atoms with E-state index in [2.05, 4.69) is 22.1 Å². The highest BCUT2D eigenvalue weighted by molar-refractivity contribution is 6.05. The fourth-order valence-corrected chi connectivity index (χ4v) is 3.53. The third kappa shape index (κ3) is 2.69. The van der Waals surface area contributed by atoms with Crippen molar-refractivity contribution in [3.8, 4) is 5.75 Å². The van der Waals surface area contributed by atoms with E-state index in [1.807, 2.05) is 23.1 Å². The summed E-state index contributed by atoms with van der Waals surface area (Å²) in [6.07, 6.45) is 1.08. The molecule has 4 rings (SSSR count). The van der Waals surface area contributed by atoms with Crippen LogP contribution in [0.5, 0.6) is 5.75 Å². The molecule has 2 fully saturated rings. The average molecular weight is 332 g/mol. The molecule has 0 spiro atoms. The van der Waals surface area contributed by atoms with Gasteiger partial charge in [-0.25, -0.2) is 0 Å². The van der Waals surface area contributed by atoms with Gasteiger partial charge >= 0.3 is 0 Å². The lowest BCUT2D eigenvalue weighted by atomic mass is 10.1. The van der Waals surface area contributed by atoms with Gasteiger partial charge in [0.2, 0.25) is 0 Å². The number of aromatic nitrogens is 2. The molecular formula is C16H20N4O4. The summed E-state index contributed by atoms with van der Waals surface area (Å²) < 4.78 is 5.24. The molecule has 0 unspecified atom stereocenters. The second-order valence-corrected chi connectivity index (χ2v) is 6.03. The number of carbonyl (C=O) groups is 2. The highest BCUT2D eigenvalue weighted by Crippen LogP contribution is 2.31. The van der Waals surface area contributed by atoms with Crippen molar-refractivity contribution in [2.45, 2.75) is 18.5 Å². The Bertz CT molecular complexity index is 758. The zero-order valence-electron chi connectivity index (χ0n) is 13.6. The summed E-state index contributed by atoms with van der Waals surface area (Å²) in [4.78, 5) is 25.5. The van der Waals surface area contributed by atoms with Gasteiger partial charge in [0, 0.05) is 30.6 Å². The third-order valence-electron chi connectivity index (χ3n) is 4.75. The molecule has 3 heterocycles. The number of ether oxygens (including phenoxy) is 1. The zero-order chi connectivity index (χ0) is 17.3. The van der Waals surface area contributed by atoms with E-state index < -0.39 is 0 Å². The molecule has 24 heavy (non-hydrogen) atoms. The number of likely N-dealkylation sites (N-methyl/N-ethyl adjacent to an activating group) is 1. The molecule has 2 bridgehead atoms. The molecule has 2 N–H and O–H groups in total. The number of methoxy groups -OCH3 is 1. The van der Waals surface area contributed by atoms with Gasteiger partial charge in [0.25, 0.3) is 12.4 Å². The standard InChI is InChI=1S/C15H18N4O2.CH2O2/c1-18-7-10-5-9(18)8-19(10)15(20)14-12-6-11(21-2)3-4-13(12)16-17-14;2-1-3/h3-4,6,9-10H,5,7-8H2,1-2H3,(H,16,17);1H,(H,2,3)/t9-,10-;/m0./s1. The summed E-state index contributed by atoms with van der Waals surface area (Å²) in [6, 6.07) is 6.44. The topological polar surface area (TPSA) is 98.8 Å². The van der Waals surface area contributed by atoms with Gasteiger partial charge in [0.05, 0.1) is 12.6 Å². The van der Waals surface area contributed by atoms with Crippen molar-refractivity contribution in [3.63, 3.8) is 0 Å². The van der Waals surface area contributed by atoms with Crippen LogP contribution in [0, 0.1) is 0 Å². The first kappa shape index (κ1) is 16.3. The molecule has 2 atom stereocenters. The maximum absolute atomic E-state index is 12.8. The monoisotopic (exact) mass is 332 g/mol. The van der Waals surface area contributed by atoms with Gasteiger partial charge in [-0.1, -0.05) is 0 Å². The average Bonchev–Trinajstić information content (AvgIpc) is 3.27. The van der Waals surface area contributed by atoms with E-state index in [-0.39, 0.29) is 12.4 Å². The molecule has 2 aliphatic heterocycles. The van der Waals surface area contributed by atoms with Crippen molar-refractivity contribution in [1.82, 2.24) is 20.0 Å². The molecule has 8 nitrogen and oxygen atoms in total. The van der Waals surface area contributed by atoms with Crippen molar-refractivity contribution in [3.05, 3.63) is 23.9 Å². The molecular weight excluding hydrogens is 312 g/mol. The number of rotatable bonds is 2. The number of carboxylic acid groups (broad SMARTS) is 1. The molecule has 0 radical (unpaired) electrons. The SMILES string of the molecule is COc1ccc2[nH]nc(C(=O)N3C[C@@H]4C[C@H]3CN4C)c2c1.O=CO. The molecule has 0 saturated carbocycles. The number of piperazine rings is 1. The van der Waals surface area contributed by atoms with Gasteiger partial charge in [-0.05, 0) is 31.7 Å². The molecule has 1 amide bonds. The van der Waals surface area contributed by atoms with Crippen LogP contribution in [0.15, 0.2) is 18.2 Å². The molecule has 2 aliphatic rings. The van der Waals surface area contributed by atoms with Crippen LogP contribution >= 0.6 is 0 Å². The van der Waals surface area contributed by atoms with Gasteiger partial charge in [-0.15, -0.1) is 0 Å². The Morgan fingerprint density at radius 2 is 2.17 bits per heavy atom. The van der Waals surface area contributed by atoms with Crippen LogP contribution in [0.3, 0.4) is 0 Å². The minimum absolute atomic E-state index is 0.0232. The lowest BCUT2D eigenvalue weighted by molar-refractivity contribution is -0.122. The third-order valence-corrected chi connectivity index (χ3v) is 4.75. The summed E-state index contributed by atoms with van der Waals surface area (Å²) in [5, 5.41) is 14.9. The summed E-state index contributed by atoms with van der Waals surface area (Å²) in [5.74, 6) is 0.760. The predicted molar refractivity (Wildman–Crippen MR) is 87.2 cm³/mol. The largest absolute Gasteiger partial charge is 0.497 e. The number of H-pyrrole nitrogens is 1. The summed E-state index contributed by atoms with van der Waals surface area (Å²) in [5.41, 5.74) is 1.36. The van der Waals surface area contributed by atoms with E-state index in [1.54, 1.807) is 7.11 Å². The van der Waals surface area contributed by atoms with Crippen LogP contribution in [0.2, 0.25) is 0 Å². The number of carbonyl (C=O) groups excluding carboxylic acids is 1. The Morgan fingerprint density at radius 1 is 1.42 bits per heavy atom. The van der Waals surface area contributed by atoms with Crippen molar-refractivity contribution in [1.29, 1.82) is 0 Å². The Balaban J connectivity index is 0.000000526. The van der Waals surface area contributed by atoms with E-state index >= 15 is 0 Å². The van der Waals surface area contributed by atoms with Crippen LogP contribution in [0.4, 0.5) is 0 Å². The van der Waals surface area contributed by atoms with Crippen LogP contribution < -0.4 is 4.74 Å². The highest BCUT2D eigenvalue weighted by Gasteiger charge is 2.44. The Morgan fingerprint density at radius 3 is 2.75 bits per heavy atom. The van der Waals surface area contributed by atoms with Gasteiger partial charge in [-0.2, -0.15) is 5.10 Å². The first-order chi connectivity index (χ1) is 11.6. The molecule has 1 aromatic carbocycles. The van der Waals surface area contributed by atoms with E-state index in [0.29, 0.717) is 17.8 Å². The Hall–Kier alpha value is -2.61. The molecule has 0 aliphatic carbocycles. The molecule has 128 valence electrons. The molecule has 2 aromatic rings. The number of likely N-dealkylation sites (tertiary alicyclic amines) is 2. The van der Waals surface area contributed by atoms with Crippen LogP contribution in [0.25, 0.3) is 10.9 Å². The predicted octanol–water partition coefficient (Wildman–Crippen LogP) is 0.801. The molecule has 2 saturated heterocycles. The van der Waals surface area contributed by atoms with Gasteiger partial charge in [0.15, 0.2) is 5.69 Å². The van der Waals surface area contributed by atoms with Gasteiger partial charge < -0.3 is 14.7 Å². The minimum atomic E-state index is -0.250. The maximum atomic E-state index is 12.8. The van der Waals surface area contributed by atoms with Gasteiger partial charge in [-0.3, -0.25) is 19.6 Å². The summed E-state index contributed by atoms with van der Waals surface area (Å²) in [7, 11) is 3.75. The van der Waals surface area contributed by atoms with Crippen LogP contribution in [-0.4, -0.2) is 76.8 Å². The van der Waals surface area contributed by atoms with E-state index in [9.17, 15) is 4.79 Å². The Kier molecular flexibility index (Phi) is 4.39. The van der Waals surface area contributed by atoms with E-state index in [0.717, 1.165) is 36.2 Å². The number of nitrogens with one attached hydrogen (secondary N) is 1. The number of aromatic amines is 1. The van der Waals surface area contributed by atoms with E-state index in [1.165, 1.54) is 0 Å². The number of hydrogen-bond donors (Lipinski definition) is 2. The van der Waals surface area contributed by atoms with Crippen molar-refractivity contribution >= 4 is 23.3 Å². The smallest absolute Gasteiger partial charge is 0.290 e. The molecule has 1 aromatic heterocycles. The lowest BCUT2D eigenvalue weighted by Gasteiger charge is -2.31. The Labute approximate surface area is 139 Å². The number of fused-ring (bicyclic) bond motifs is 3. The quantitative estimate of drug-likeness (QED) is 0.789. The fraction of sp³-hybridized carbons (Fsp3) is 0.438. The van der Waals surface area contributed by atoms with Crippen molar-refractivity contribution in [2.24, 2.45) is 0 Å². The lowest BCUT2D eigenvalue weighted by Crippen LogP contribution is -2.47. The normalized spacial score (nSPS) is 22.3. The summed E-state index contributed by atoms with van der Waals surface area (Å²) in [6.45, 7) is 1.51. The minimum Gasteiger partial charge on any atom is -0.497 e. The van der Waals surface area contributed by atoms with Crippen LogP contribution in [-0.2, 0) is 4.79 Å². The van der Waals surface area contributed by atoms with E-state index in [4.69, 9.17) is 14.6 Å². The fourth-order valence-electron chi connectivity index (χ4n) is 3.53. The second kappa shape index (κ2) is 6.48. The zero-order valence-corrected chi connectivity index (χ0v) is 13.6. The molecule has 8 heteroatoms. The number of hydrogen-bond acceptors (Lipinski definition) is 5. The van der Waals surface area contributed by atoms with Crippen molar-refractivity contribution in [2.75, 3.05) is 27.2 Å². The highest BCUT2D eigenvalue weighted by atomic mass is 16.5.